The number of aromatic nitrogens is 4. The minimum atomic E-state index is -1.53. The van der Waals surface area contributed by atoms with Crippen LogP contribution in [0.3, 0.4) is 0 Å². The third-order valence-electron chi connectivity index (χ3n) is 4.02. The van der Waals surface area contributed by atoms with Gasteiger partial charge in [0.1, 0.15) is 0 Å². The molecular weight excluding hydrogens is 380 g/mol. The number of carbonyl (C=O) groups is 3. The molecule has 2 aromatic rings. The lowest BCUT2D eigenvalue weighted by molar-refractivity contribution is -0.138. The van der Waals surface area contributed by atoms with E-state index in [2.05, 4.69) is 32.1 Å². The van der Waals surface area contributed by atoms with E-state index in [9.17, 15) is 19.5 Å². The third kappa shape index (κ3) is 5.85. The highest BCUT2D eigenvalue weighted by molar-refractivity contribution is 5.94. The summed E-state index contributed by atoms with van der Waals surface area (Å²) in [7, 11) is 0. The number of nitrogens with one attached hydrogen (secondary N) is 2. The number of carbonyl (C=O) groups excluding carboxylic acids is 1. The average molecular weight is 400 g/mol. The molecule has 0 aliphatic heterocycles. The molecule has 1 aromatic carbocycles. The lowest BCUT2D eigenvalue weighted by Gasteiger charge is -2.33. The molecule has 11 nitrogen and oxygen atoms in total. The predicted molar refractivity (Wildman–Crippen MR) is 99.4 cm³/mol. The molecule has 1 amide bonds. The van der Waals surface area contributed by atoms with Crippen molar-refractivity contribution in [1.82, 2.24) is 30.8 Å². The van der Waals surface area contributed by atoms with Crippen LogP contribution in [-0.2, 0) is 21.8 Å². The van der Waals surface area contributed by atoms with Crippen LogP contribution in [0, 0.1) is 12.3 Å². The standard InChI is InChI=1S/C18H20N6O5/c1-2-11-19-18(10-8-14(25)26,20-16(29)13-6-4-3-5-7-13)17-21-22-23-24(17)12-9-15(27)28/h1,3-7,19H,8-12H2,(H,20,29)(H,25,26)(H,27,28). The molecule has 11 heteroatoms. The van der Waals surface area contributed by atoms with Crippen LogP contribution in [0.25, 0.3) is 0 Å². The molecule has 1 atom stereocenters. The zero-order valence-corrected chi connectivity index (χ0v) is 15.4. The van der Waals surface area contributed by atoms with E-state index in [1.165, 1.54) is 4.68 Å². The number of aliphatic carboxylic acids is 2. The zero-order valence-electron chi connectivity index (χ0n) is 15.4. The second kappa shape index (κ2) is 9.95. The van der Waals surface area contributed by atoms with Crippen LogP contribution in [-0.4, -0.2) is 54.8 Å². The maximum absolute atomic E-state index is 12.8. The molecule has 0 bridgehead atoms. The number of hydrogen-bond donors (Lipinski definition) is 4. The molecule has 0 saturated heterocycles. The maximum Gasteiger partial charge on any atom is 0.305 e. The molecule has 0 aliphatic rings. The second-order valence-corrected chi connectivity index (χ2v) is 6.05. The Morgan fingerprint density at radius 2 is 1.83 bits per heavy atom. The number of terminal acetylenes is 1. The van der Waals surface area contributed by atoms with Crippen molar-refractivity contribution in [2.45, 2.75) is 31.5 Å². The van der Waals surface area contributed by atoms with Crippen LogP contribution in [0.1, 0.15) is 35.4 Å². The molecule has 29 heavy (non-hydrogen) atoms. The van der Waals surface area contributed by atoms with Crippen molar-refractivity contribution in [3.63, 3.8) is 0 Å². The SMILES string of the molecule is C#CCNC(CCC(=O)O)(NC(=O)c1ccccc1)c1nnnn1CCC(=O)O. The van der Waals surface area contributed by atoms with Crippen molar-refractivity contribution in [2.75, 3.05) is 6.54 Å². The summed E-state index contributed by atoms with van der Waals surface area (Å²) in [6.45, 7) is -0.105. The molecule has 152 valence electrons. The lowest BCUT2D eigenvalue weighted by atomic mass is 10.0. The largest absolute Gasteiger partial charge is 0.481 e. The van der Waals surface area contributed by atoms with Gasteiger partial charge in [-0.3, -0.25) is 19.7 Å². The molecular formula is C18H20N6O5. The van der Waals surface area contributed by atoms with Crippen molar-refractivity contribution in [3.8, 4) is 12.3 Å². The molecule has 0 radical (unpaired) electrons. The van der Waals surface area contributed by atoms with Gasteiger partial charge in [0.05, 0.1) is 19.5 Å². The third-order valence-corrected chi connectivity index (χ3v) is 4.02. The van der Waals surface area contributed by atoms with Gasteiger partial charge in [-0.05, 0) is 22.6 Å². The van der Waals surface area contributed by atoms with E-state index >= 15 is 0 Å². The summed E-state index contributed by atoms with van der Waals surface area (Å²) >= 11 is 0. The summed E-state index contributed by atoms with van der Waals surface area (Å²) in [6.07, 6.45) is 4.61. The molecule has 1 aromatic heterocycles. The first kappa shape index (κ1) is 21.5. The number of carboxylic acid groups (broad SMARTS) is 2. The van der Waals surface area contributed by atoms with E-state index in [4.69, 9.17) is 11.5 Å². The molecule has 1 unspecified atom stereocenters. The lowest BCUT2D eigenvalue weighted by Crippen LogP contribution is -2.58. The van der Waals surface area contributed by atoms with Gasteiger partial charge in [0.15, 0.2) is 11.5 Å². The van der Waals surface area contributed by atoms with Gasteiger partial charge in [0.25, 0.3) is 5.91 Å². The number of hydrogen-bond acceptors (Lipinski definition) is 7. The van der Waals surface area contributed by atoms with Gasteiger partial charge in [0.2, 0.25) is 0 Å². The molecule has 1 heterocycles. The first-order chi connectivity index (χ1) is 13.9. The van der Waals surface area contributed by atoms with Gasteiger partial charge in [-0.1, -0.05) is 24.1 Å². The minimum Gasteiger partial charge on any atom is -0.481 e. The van der Waals surface area contributed by atoms with E-state index < -0.39 is 23.5 Å². The van der Waals surface area contributed by atoms with Crippen LogP contribution in [0.15, 0.2) is 30.3 Å². The van der Waals surface area contributed by atoms with Gasteiger partial charge in [-0.2, -0.15) is 0 Å². The number of tetrazole rings is 1. The fraction of sp³-hybridized carbons (Fsp3) is 0.333. The molecule has 0 spiro atoms. The zero-order chi connectivity index (χ0) is 21.3. The van der Waals surface area contributed by atoms with Gasteiger partial charge in [-0.25, -0.2) is 4.68 Å². The van der Waals surface area contributed by atoms with Crippen LogP contribution >= 0.6 is 0 Å². The summed E-state index contributed by atoms with van der Waals surface area (Å²) in [6, 6.07) is 8.29. The summed E-state index contributed by atoms with van der Waals surface area (Å²) < 4.78 is 1.20. The maximum atomic E-state index is 12.8. The van der Waals surface area contributed by atoms with Crippen molar-refractivity contribution in [2.24, 2.45) is 0 Å². The average Bonchev–Trinajstić information content (AvgIpc) is 3.18. The number of aryl methyl sites for hydroxylation is 1. The summed E-state index contributed by atoms with van der Waals surface area (Å²) in [5.41, 5.74) is -1.20. The first-order valence-corrected chi connectivity index (χ1v) is 8.64. The summed E-state index contributed by atoms with van der Waals surface area (Å²) in [5.74, 6) is -0.242. The Morgan fingerprint density at radius 1 is 1.14 bits per heavy atom. The molecule has 4 N–H and O–H groups in total. The number of rotatable bonds is 11. The van der Waals surface area contributed by atoms with Gasteiger partial charge >= 0.3 is 11.9 Å². The highest BCUT2D eigenvalue weighted by Gasteiger charge is 2.39. The normalized spacial score (nSPS) is 12.5. The van der Waals surface area contributed by atoms with E-state index in [1.54, 1.807) is 30.3 Å². The Bertz CT molecular complexity index is 907. The second-order valence-electron chi connectivity index (χ2n) is 6.05. The van der Waals surface area contributed by atoms with Crippen molar-refractivity contribution in [3.05, 3.63) is 41.7 Å². The minimum absolute atomic E-state index is 0.0273. The van der Waals surface area contributed by atoms with Crippen LogP contribution in [0.5, 0.6) is 0 Å². The quantitative estimate of drug-likeness (QED) is 0.296. The highest BCUT2D eigenvalue weighted by atomic mass is 16.4. The highest BCUT2D eigenvalue weighted by Crippen LogP contribution is 2.23. The molecule has 2 rings (SSSR count). The Hall–Kier alpha value is -3.78. The van der Waals surface area contributed by atoms with E-state index in [0.29, 0.717) is 5.56 Å². The monoisotopic (exact) mass is 400 g/mol. The van der Waals surface area contributed by atoms with Crippen LogP contribution in [0.2, 0.25) is 0 Å². The molecule has 0 fully saturated rings. The van der Waals surface area contributed by atoms with Gasteiger partial charge in [-0.15, -0.1) is 11.5 Å². The molecule has 0 saturated carbocycles. The topological polar surface area (TPSA) is 159 Å². The van der Waals surface area contributed by atoms with Crippen molar-refractivity contribution in [1.29, 1.82) is 0 Å². The number of amides is 1. The smallest absolute Gasteiger partial charge is 0.305 e. The van der Waals surface area contributed by atoms with E-state index in [1.807, 2.05) is 0 Å². The Balaban J connectivity index is 2.46. The first-order valence-electron chi connectivity index (χ1n) is 8.64. The van der Waals surface area contributed by atoms with Gasteiger partial charge in [0, 0.05) is 18.4 Å². The Morgan fingerprint density at radius 3 is 2.45 bits per heavy atom. The Kier molecular flexibility index (Phi) is 7.39. The summed E-state index contributed by atoms with van der Waals surface area (Å²) in [4.78, 5) is 35.0. The number of carboxylic acids is 2. The van der Waals surface area contributed by atoms with Gasteiger partial charge < -0.3 is 15.5 Å². The number of nitrogens with zero attached hydrogens (tertiary/aromatic N) is 4. The van der Waals surface area contributed by atoms with E-state index in [0.717, 1.165) is 0 Å². The van der Waals surface area contributed by atoms with Crippen molar-refractivity contribution >= 4 is 17.8 Å². The number of benzene rings is 1. The fourth-order valence-corrected chi connectivity index (χ4v) is 2.66. The molecule has 0 aliphatic carbocycles. The predicted octanol–water partition coefficient (Wildman–Crippen LogP) is -0.182. The van der Waals surface area contributed by atoms with Crippen molar-refractivity contribution < 1.29 is 24.6 Å². The van der Waals surface area contributed by atoms with Crippen LogP contribution < -0.4 is 10.6 Å². The van der Waals surface area contributed by atoms with E-state index in [-0.39, 0.29) is 38.2 Å². The Labute approximate surface area is 166 Å². The van der Waals surface area contributed by atoms with Crippen LogP contribution in [0.4, 0.5) is 0 Å². The fourth-order valence-electron chi connectivity index (χ4n) is 2.66. The summed E-state index contributed by atoms with van der Waals surface area (Å²) in [5, 5.41) is 35.0.